The molecule has 0 fully saturated rings. The fourth-order valence-electron chi connectivity index (χ4n) is 1.54. The first-order chi connectivity index (χ1) is 8.72. The second-order valence-corrected chi connectivity index (χ2v) is 4.69. The van der Waals surface area contributed by atoms with Crippen LogP contribution in [0.25, 0.3) is 0 Å². The molecule has 0 bridgehead atoms. The Kier molecular flexibility index (Phi) is 4.38. The van der Waals surface area contributed by atoms with Gasteiger partial charge in [-0.2, -0.15) is 0 Å². The van der Waals surface area contributed by atoms with Gasteiger partial charge in [-0.15, -0.1) is 0 Å². The van der Waals surface area contributed by atoms with Crippen molar-refractivity contribution in [1.82, 2.24) is 4.98 Å². The van der Waals surface area contributed by atoms with E-state index in [0.717, 1.165) is 10.9 Å². The number of aromatic nitrogens is 1. The third-order valence-electron chi connectivity index (χ3n) is 2.42. The zero-order chi connectivity index (χ0) is 13.0. The lowest BCUT2D eigenvalue weighted by Crippen LogP contribution is -2.02. The lowest BCUT2D eigenvalue weighted by molar-refractivity contribution is 0.187. The van der Waals surface area contributed by atoms with Crippen LogP contribution in [-0.2, 0) is 0 Å². The summed E-state index contributed by atoms with van der Waals surface area (Å²) < 4.78 is 11.4. The van der Waals surface area contributed by atoms with Gasteiger partial charge < -0.3 is 14.3 Å². The number of furan rings is 1. The maximum absolute atomic E-state index is 10.2. The van der Waals surface area contributed by atoms with E-state index in [2.05, 4.69) is 20.9 Å². The van der Waals surface area contributed by atoms with Crippen molar-refractivity contribution in [2.24, 2.45) is 0 Å². The van der Waals surface area contributed by atoms with Crippen LogP contribution in [0.15, 0.2) is 39.7 Å². The first kappa shape index (κ1) is 13.1. The van der Waals surface area contributed by atoms with Crippen LogP contribution in [0, 0.1) is 0 Å². The smallest absolute Gasteiger partial charge is 0.151 e. The Labute approximate surface area is 114 Å². The molecular formula is C13H14BrNO3. The second-order valence-electron chi connectivity index (χ2n) is 3.84. The molecule has 4 nitrogen and oxygen atoms in total. The third-order valence-corrected chi connectivity index (χ3v) is 3.07. The minimum absolute atomic E-state index is 0.462. The van der Waals surface area contributed by atoms with Gasteiger partial charge in [0.25, 0.3) is 0 Å². The van der Waals surface area contributed by atoms with Crippen LogP contribution in [0.5, 0.6) is 5.75 Å². The van der Waals surface area contributed by atoms with Gasteiger partial charge in [-0.25, -0.2) is 0 Å². The number of aliphatic hydroxyl groups is 1. The fraction of sp³-hybridized carbons (Fsp3) is 0.308. The number of hydrogen-bond donors (Lipinski definition) is 1. The highest BCUT2D eigenvalue weighted by atomic mass is 79.9. The van der Waals surface area contributed by atoms with Crippen LogP contribution in [-0.4, -0.2) is 16.7 Å². The number of ether oxygens (including phenoxy) is 1. The average molecular weight is 312 g/mol. The van der Waals surface area contributed by atoms with Gasteiger partial charge in [0.05, 0.1) is 23.5 Å². The summed E-state index contributed by atoms with van der Waals surface area (Å²) in [6.45, 7) is 2.66. The van der Waals surface area contributed by atoms with Crippen LogP contribution in [0.1, 0.15) is 30.8 Å². The van der Waals surface area contributed by atoms with Crippen LogP contribution >= 0.6 is 15.9 Å². The molecular weight excluding hydrogens is 298 g/mol. The van der Waals surface area contributed by atoms with Gasteiger partial charge in [0.15, 0.2) is 5.76 Å². The number of hydrogen-bond acceptors (Lipinski definition) is 4. The number of pyridine rings is 1. The zero-order valence-corrected chi connectivity index (χ0v) is 11.6. The molecule has 2 aromatic rings. The van der Waals surface area contributed by atoms with Crippen molar-refractivity contribution in [1.29, 1.82) is 0 Å². The van der Waals surface area contributed by atoms with Crippen LogP contribution in [0.4, 0.5) is 0 Å². The summed E-state index contributed by atoms with van der Waals surface area (Å²) in [5, 5.41) is 10.2. The summed E-state index contributed by atoms with van der Waals surface area (Å²) in [7, 11) is 0. The van der Waals surface area contributed by atoms with Gasteiger partial charge in [0, 0.05) is 11.8 Å². The van der Waals surface area contributed by atoms with Crippen molar-refractivity contribution < 1.29 is 14.3 Å². The number of aliphatic hydroxyl groups excluding tert-OH is 1. The monoisotopic (exact) mass is 311 g/mol. The molecule has 1 unspecified atom stereocenters. The Morgan fingerprint density at radius 1 is 1.50 bits per heavy atom. The fourth-order valence-corrected chi connectivity index (χ4v) is 1.95. The molecule has 18 heavy (non-hydrogen) atoms. The van der Waals surface area contributed by atoms with E-state index in [9.17, 15) is 5.11 Å². The van der Waals surface area contributed by atoms with Crippen molar-refractivity contribution in [2.45, 2.75) is 19.4 Å². The number of rotatable bonds is 5. The van der Waals surface area contributed by atoms with Gasteiger partial charge in [-0.3, -0.25) is 4.98 Å². The molecule has 0 radical (unpaired) electrons. The lowest BCUT2D eigenvalue weighted by atomic mass is 10.1. The average Bonchev–Trinajstić information content (AvgIpc) is 2.82. The first-order valence-corrected chi connectivity index (χ1v) is 6.50. The van der Waals surface area contributed by atoms with Crippen molar-refractivity contribution in [3.63, 3.8) is 0 Å². The molecule has 1 N–H and O–H groups in total. The molecule has 0 spiro atoms. The normalized spacial score (nSPS) is 12.4. The molecule has 96 valence electrons. The summed E-state index contributed by atoms with van der Waals surface area (Å²) in [5.74, 6) is 1.11. The highest BCUT2D eigenvalue weighted by Gasteiger charge is 2.18. The molecule has 0 aliphatic rings. The van der Waals surface area contributed by atoms with Crippen LogP contribution in [0.3, 0.4) is 0 Å². The first-order valence-electron chi connectivity index (χ1n) is 5.71. The van der Waals surface area contributed by atoms with E-state index < -0.39 is 6.10 Å². The topological polar surface area (TPSA) is 55.5 Å². The Morgan fingerprint density at radius 3 is 3.00 bits per heavy atom. The van der Waals surface area contributed by atoms with Gasteiger partial charge in [0.2, 0.25) is 0 Å². The van der Waals surface area contributed by atoms with Gasteiger partial charge in [0.1, 0.15) is 11.9 Å². The van der Waals surface area contributed by atoms with E-state index in [0.29, 0.717) is 23.7 Å². The van der Waals surface area contributed by atoms with Gasteiger partial charge in [-0.1, -0.05) is 6.92 Å². The highest BCUT2D eigenvalue weighted by Crippen LogP contribution is 2.30. The Bertz CT molecular complexity index is 512. The molecule has 0 aromatic carbocycles. The summed E-state index contributed by atoms with van der Waals surface area (Å²) in [5.41, 5.74) is 0.638. The Hall–Kier alpha value is -1.33. The van der Waals surface area contributed by atoms with Gasteiger partial charge in [-0.05, 0) is 34.5 Å². The summed E-state index contributed by atoms with van der Waals surface area (Å²) in [6.07, 6.45) is 4.82. The van der Waals surface area contributed by atoms with Crippen LogP contribution < -0.4 is 4.74 Å². The summed E-state index contributed by atoms with van der Waals surface area (Å²) in [6, 6.07) is 3.51. The standard InChI is InChI=1S/C13H14BrNO3/c1-2-4-17-10-6-9(7-15-8-10)12(16)13-11(14)3-5-18-13/h3,5-8,12,16H,2,4H2,1H3. The SMILES string of the molecule is CCCOc1cncc(C(O)c2occc2Br)c1. The van der Waals surface area contributed by atoms with E-state index in [-0.39, 0.29) is 0 Å². The predicted molar refractivity (Wildman–Crippen MR) is 70.5 cm³/mol. The second kappa shape index (κ2) is 6.02. The van der Waals surface area contributed by atoms with E-state index in [1.165, 1.54) is 6.26 Å². The molecule has 0 amide bonds. The lowest BCUT2D eigenvalue weighted by Gasteiger charge is -2.10. The molecule has 2 aromatic heterocycles. The van der Waals surface area contributed by atoms with Gasteiger partial charge >= 0.3 is 0 Å². The largest absolute Gasteiger partial charge is 0.492 e. The molecule has 1 atom stereocenters. The molecule has 0 saturated carbocycles. The minimum Gasteiger partial charge on any atom is -0.492 e. The van der Waals surface area contributed by atoms with E-state index in [1.54, 1.807) is 24.5 Å². The van der Waals surface area contributed by atoms with E-state index >= 15 is 0 Å². The molecule has 2 heterocycles. The molecule has 5 heteroatoms. The quantitative estimate of drug-likeness (QED) is 0.920. The predicted octanol–water partition coefficient (Wildman–Crippen LogP) is 3.31. The van der Waals surface area contributed by atoms with Crippen molar-refractivity contribution in [3.05, 3.63) is 46.6 Å². The highest BCUT2D eigenvalue weighted by molar-refractivity contribution is 9.10. The number of nitrogens with zero attached hydrogens (tertiary/aromatic N) is 1. The third kappa shape index (κ3) is 2.91. The number of halogens is 1. The van der Waals surface area contributed by atoms with E-state index in [4.69, 9.17) is 9.15 Å². The van der Waals surface area contributed by atoms with Crippen LogP contribution in [0.2, 0.25) is 0 Å². The molecule has 0 aliphatic carbocycles. The Morgan fingerprint density at radius 2 is 2.33 bits per heavy atom. The van der Waals surface area contributed by atoms with E-state index in [1.807, 2.05) is 6.92 Å². The van der Waals surface area contributed by atoms with Crippen molar-refractivity contribution in [3.8, 4) is 5.75 Å². The van der Waals surface area contributed by atoms with Crippen molar-refractivity contribution >= 4 is 15.9 Å². The maximum atomic E-state index is 10.2. The molecule has 0 aliphatic heterocycles. The summed E-state index contributed by atoms with van der Waals surface area (Å²) in [4.78, 5) is 4.06. The Balaban J connectivity index is 2.20. The minimum atomic E-state index is -0.855. The van der Waals surface area contributed by atoms with Crippen molar-refractivity contribution in [2.75, 3.05) is 6.61 Å². The molecule has 2 rings (SSSR count). The zero-order valence-electron chi connectivity index (χ0n) is 9.97. The summed E-state index contributed by atoms with van der Waals surface area (Å²) >= 11 is 3.32. The molecule has 0 saturated heterocycles. The maximum Gasteiger partial charge on any atom is 0.151 e.